The fourth-order valence-electron chi connectivity index (χ4n) is 6.79. The van der Waals surface area contributed by atoms with Gasteiger partial charge in [0.15, 0.2) is 0 Å². The van der Waals surface area contributed by atoms with Crippen LogP contribution >= 0.6 is 23.2 Å². The third-order valence-corrected chi connectivity index (χ3v) is 9.62. The van der Waals surface area contributed by atoms with Crippen molar-refractivity contribution in [2.75, 3.05) is 45.9 Å². The van der Waals surface area contributed by atoms with E-state index in [1.807, 2.05) is 18.2 Å². The Morgan fingerprint density at radius 1 is 1.03 bits per heavy atom. The predicted octanol–water partition coefficient (Wildman–Crippen LogP) is 4.27. The maximum Gasteiger partial charge on any atom is 0.230 e. The number of likely N-dealkylation sites (tertiary alicyclic amines) is 1. The number of hydrogen-bond acceptors (Lipinski definition) is 5. The van der Waals surface area contributed by atoms with E-state index in [4.69, 9.17) is 27.9 Å². The summed E-state index contributed by atoms with van der Waals surface area (Å²) in [7, 11) is 0. The second kappa shape index (κ2) is 11.1. The van der Waals surface area contributed by atoms with Crippen LogP contribution in [-0.2, 0) is 19.7 Å². The zero-order valence-corrected chi connectivity index (χ0v) is 22.0. The number of benzene rings is 1. The minimum atomic E-state index is -0.560. The summed E-state index contributed by atoms with van der Waals surface area (Å²) < 4.78 is 5.50. The Labute approximate surface area is 218 Å². The van der Waals surface area contributed by atoms with E-state index in [1.54, 1.807) is 0 Å². The summed E-state index contributed by atoms with van der Waals surface area (Å²) >= 11 is 12.7. The summed E-state index contributed by atoms with van der Waals surface area (Å²) in [5.74, 6) is -0.00937. The standard InChI is InChI=1S/C27H37Cl2N3O3/c28-23-7-6-20(15-24(23)29)27(8-9-31-17-21(18-31)32-10-12-35-13-11-32)16-25(33)30-26(34)22(27)14-19-4-2-1-3-5-19/h6-7,15,19,21-22H,1-5,8-14,16-18H2,(H,30,33,34). The predicted molar refractivity (Wildman–Crippen MR) is 138 cm³/mol. The van der Waals surface area contributed by atoms with E-state index >= 15 is 0 Å². The Bertz CT molecular complexity index is 926. The number of nitrogens with zero attached hydrogens (tertiary/aromatic N) is 2. The molecule has 1 aromatic carbocycles. The number of halogens is 2. The van der Waals surface area contributed by atoms with Crippen molar-refractivity contribution in [1.82, 2.24) is 15.1 Å². The van der Waals surface area contributed by atoms with E-state index in [2.05, 4.69) is 15.1 Å². The van der Waals surface area contributed by atoms with Crippen molar-refractivity contribution in [1.29, 1.82) is 0 Å². The highest BCUT2D eigenvalue weighted by molar-refractivity contribution is 6.42. The Balaban J connectivity index is 1.37. The molecule has 1 N–H and O–H groups in total. The molecule has 3 aliphatic heterocycles. The monoisotopic (exact) mass is 521 g/mol. The lowest BCUT2D eigenvalue weighted by Crippen LogP contribution is -2.62. The second-order valence-electron chi connectivity index (χ2n) is 11.0. The van der Waals surface area contributed by atoms with Gasteiger partial charge < -0.3 is 9.64 Å². The lowest BCUT2D eigenvalue weighted by Gasteiger charge is -2.49. The van der Waals surface area contributed by atoms with Crippen molar-refractivity contribution in [3.63, 3.8) is 0 Å². The summed E-state index contributed by atoms with van der Waals surface area (Å²) in [5.41, 5.74) is 0.413. The SMILES string of the molecule is O=C1CC(CCN2CC(N3CCOCC3)C2)(c2ccc(Cl)c(Cl)c2)C(CC2CCCCC2)C(=O)N1. The van der Waals surface area contributed by atoms with Gasteiger partial charge in [-0.15, -0.1) is 0 Å². The molecule has 1 aromatic rings. The summed E-state index contributed by atoms with van der Waals surface area (Å²) in [5, 5.41) is 3.64. The molecule has 8 heteroatoms. The van der Waals surface area contributed by atoms with Crippen LogP contribution in [0.4, 0.5) is 0 Å². The van der Waals surface area contributed by atoms with Gasteiger partial charge in [0.2, 0.25) is 11.8 Å². The minimum absolute atomic E-state index is 0.118. The van der Waals surface area contributed by atoms with Gasteiger partial charge in [-0.3, -0.25) is 19.8 Å². The van der Waals surface area contributed by atoms with E-state index in [0.717, 1.165) is 64.3 Å². The highest BCUT2D eigenvalue weighted by Crippen LogP contribution is 2.47. The van der Waals surface area contributed by atoms with Crippen molar-refractivity contribution >= 4 is 35.0 Å². The molecule has 6 nitrogen and oxygen atoms in total. The molecule has 3 saturated heterocycles. The molecule has 0 spiro atoms. The van der Waals surface area contributed by atoms with Crippen LogP contribution in [0, 0.1) is 11.8 Å². The van der Waals surface area contributed by atoms with E-state index in [0.29, 0.717) is 28.4 Å². The van der Waals surface area contributed by atoms with Gasteiger partial charge in [-0.05, 0) is 43.0 Å². The molecule has 3 heterocycles. The van der Waals surface area contributed by atoms with Crippen molar-refractivity contribution in [3.8, 4) is 0 Å². The Hall–Kier alpha value is -1.18. The number of amides is 2. The number of piperidine rings is 1. The second-order valence-corrected chi connectivity index (χ2v) is 11.8. The van der Waals surface area contributed by atoms with E-state index < -0.39 is 5.41 Å². The molecular formula is C27H37Cl2N3O3. The van der Waals surface area contributed by atoms with Crippen LogP contribution in [-0.4, -0.2) is 73.6 Å². The minimum Gasteiger partial charge on any atom is -0.379 e. The van der Waals surface area contributed by atoms with Crippen molar-refractivity contribution in [2.24, 2.45) is 11.8 Å². The van der Waals surface area contributed by atoms with Crippen molar-refractivity contribution in [3.05, 3.63) is 33.8 Å². The van der Waals surface area contributed by atoms with Crippen LogP contribution in [0.2, 0.25) is 10.0 Å². The summed E-state index contributed by atoms with van der Waals surface area (Å²) in [6.45, 7) is 6.57. The molecule has 192 valence electrons. The molecular weight excluding hydrogens is 485 g/mol. The molecule has 1 saturated carbocycles. The van der Waals surface area contributed by atoms with Gasteiger partial charge in [-0.25, -0.2) is 0 Å². The number of nitrogens with one attached hydrogen (secondary N) is 1. The molecule has 35 heavy (non-hydrogen) atoms. The lowest BCUT2D eigenvalue weighted by molar-refractivity contribution is -0.141. The smallest absolute Gasteiger partial charge is 0.230 e. The fraction of sp³-hybridized carbons (Fsp3) is 0.704. The van der Waals surface area contributed by atoms with Crippen molar-refractivity contribution in [2.45, 2.75) is 62.8 Å². The first-order valence-electron chi connectivity index (χ1n) is 13.3. The quantitative estimate of drug-likeness (QED) is 0.542. The Kier molecular flexibility index (Phi) is 8.05. The normalized spacial score (nSPS) is 29.7. The summed E-state index contributed by atoms with van der Waals surface area (Å²) in [6, 6.07) is 6.28. The molecule has 0 aromatic heterocycles. The molecule has 0 bridgehead atoms. The number of rotatable bonds is 7. The van der Waals surface area contributed by atoms with Crippen LogP contribution in [0.15, 0.2) is 18.2 Å². The number of carbonyl (C=O) groups excluding carboxylic acids is 2. The van der Waals surface area contributed by atoms with Crippen LogP contribution < -0.4 is 5.32 Å². The van der Waals surface area contributed by atoms with Gasteiger partial charge in [0.25, 0.3) is 0 Å². The molecule has 4 aliphatic rings. The van der Waals surface area contributed by atoms with Gasteiger partial charge in [-0.2, -0.15) is 0 Å². The Morgan fingerprint density at radius 2 is 1.77 bits per heavy atom. The van der Waals surface area contributed by atoms with Gasteiger partial charge in [-0.1, -0.05) is 61.4 Å². The zero-order valence-electron chi connectivity index (χ0n) is 20.4. The first kappa shape index (κ1) is 25.5. The number of carbonyl (C=O) groups is 2. The van der Waals surface area contributed by atoms with Gasteiger partial charge in [0, 0.05) is 50.0 Å². The number of hydrogen-bond donors (Lipinski definition) is 1. The summed E-state index contributed by atoms with van der Waals surface area (Å²) in [6.07, 6.45) is 7.98. The average molecular weight is 523 g/mol. The molecule has 0 radical (unpaired) electrons. The molecule has 2 atom stereocenters. The third-order valence-electron chi connectivity index (χ3n) is 8.88. The maximum atomic E-state index is 13.4. The van der Waals surface area contributed by atoms with E-state index in [-0.39, 0.29) is 17.7 Å². The zero-order chi connectivity index (χ0) is 24.4. The van der Waals surface area contributed by atoms with Crippen LogP contribution in [0.5, 0.6) is 0 Å². The lowest BCUT2D eigenvalue weighted by atomic mass is 9.60. The van der Waals surface area contributed by atoms with Gasteiger partial charge >= 0.3 is 0 Å². The molecule has 5 rings (SSSR count). The largest absolute Gasteiger partial charge is 0.379 e. The van der Waals surface area contributed by atoms with Crippen molar-refractivity contribution < 1.29 is 14.3 Å². The van der Waals surface area contributed by atoms with Crippen LogP contribution in [0.25, 0.3) is 0 Å². The molecule has 2 amide bonds. The first-order valence-corrected chi connectivity index (χ1v) is 14.0. The number of morpholine rings is 1. The Morgan fingerprint density at radius 3 is 2.49 bits per heavy atom. The molecule has 1 aliphatic carbocycles. The number of ether oxygens (including phenoxy) is 1. The molecule has 2 unspecified atom stereocenters. The first-order chi connectivity index (χ1) is 16.9. The molecule has 4 fully saturated rings. The fourth-order valence-corrected chi connectivity index (χ4v) is 7.09. The van der Waals surface area contributed by atoms with E-state index in [9.17, 15) is 9.59 Å². The highest BCUT2D eigenvalue weighted by Gasteiger charge is 2.50. The van der Waals surface area contributed by atoms with Crippen LogP contribution in [0.3, 0.4) is 0 Å². The highest BCUT2D eigenvalue weighted by atomic mass is 35.5. The number of imide groups is 1. The van der Waals surface area contributed by atoms with Gasteiger partial charge in [0.1, 0.15) is 0 Å². The maximum absolute atomic E-state index is 13.4. The van der Waals surface area contributed by atoms with Gasteiger partial charge in [0.05, 0.1) is 23.3 Å². The third kappa shape index (κ3) is 5.57. The topological polar surface area (TPSA) is 61.9 Å². The average Bonchev–Trinajstić information content (AvgIpc) is 2.83. The summed E-state index contributed by atoms with van der Waals surface area (Å²) in [4.78, 5) is 31.2. The van der Waals surface area contributed by atoms with Crippen LogP contribution in [0.1, 0.15) is 56.9 Å². The van der Waals surface area contributed by atoms with E-state index in [1.165, 1.54) is 32.1 Å².